The molecule has 0 saturated carbocycles. The molecule has 126 valence electrons. The molecule has 0 aromatic heterocycles. The van der Waals surface area contributed by atoms with Gasteiger partial charge in [-0.15, -0.1) is 0 Å². The summed E-state index contributed by atoms with van der Waals surface area (Å²) in [6.45, 7) is 3.93. The lowest BCUT2D eigenvalue weighted by molar-refractivity contribution is -0.128. The van der Waals surface area contributed by atoms with Crippen molar-refractivity contribution in [3.8, 4) is 5.75 Å². The standard InChI is InChI=1S/C19H28N2O2/c1-14(19(22)20-17-9-11-21(2)12-10-17)23-18-8-7-15-5-3-4-6-16(15)13-18/h7-8,13-14,17H,3-6,9-12H2,1-2H3,(H,20,22)/t14-/m1/s1. The van der Waals surface area contributed by atoms with Crippen LogP contribution in [0.2, 0.25) is 0 Å². The van der Waals surface area contributed by atoms with Gasteiger partial charge in [0.1, 0.15) is 5.75 Å². The van der Waals surface area contributed by atoms with E-state index in [2.05, 4.69) is 29.4 Å². The zero-order valence-corrected chi connectivity index (χ0v) is 14.3. The zero-order chi connectivity index (χ0) is 16.2. The molecule has 1 fully saturated rings. The molecule has 1 heterocycles. The smallest absolute Gasteiger partial charge is 0.260 e. The molecule has 1 aromatic rings. The Morgan fingerprint density at radius 3 is 2.65 bits per heavy atom. The Kier molecular flexibility index (Phi) is 5.21. The summed E-state index contributed by atoms with van der Waals surface area (Å²) in [5.41, 5.74) is 2.82. The highest BCUT2D eigenvalue weighted by molar-refractivity contribution is 5.81. The third-order valence-corrected chi connectivity index (χ3v) is 5.07. The molecule has 1 atom stereocenters. The van der Waals surface area contributed by atoms with Gasteiger partial charge in [0.25, 0.3) is 5.91 Å². The maximum Gasteiger partial charge on any atom is 0.260 e. The van der Waals surface area contributed by atoms with Crippen molar-refractivity contribution in [1.29, 1.82) is 0 Å². The van der Waals surface area contributed by atoms with Gasteiger partial charge in [-0.1, -0.05) is 6.07 Å². The van der Waals surface area contributed by atoms with Crippen LogP contribution >= 0.6 is 0 Å². The lowest BCUT2D eigenvalue weighted by Gasteiger charge is -2.30. The van der Waals surface area contributed by atoms with Crippen LogP contribution in [0, 0.1) is 0 Å². The van der Waals surface area contributed by atoms with E-state index in [9.17, 15) is 4.79 Å². The Morgan fingerprint density at radius 1 is 1.22 bits per heavy atom. The average molecular weight is 316 g/mol. The van der Waals surface area contributed by atoms with Crippen LogP contribution in [-0.2, 0) is 17.6 Å². The molecule has 4 nitrogen and oxygen atoms in total. The van der Waals surface area contributed by atoms with E-state index >= 15 is 0 Å². The first-order chi connectivity index (χ1) is 11.1. The molecule has 0 spiro atoms. The van der Waals surface area contributed by atoms with Crippen molar-refractivity contribution >= 4 is 5.91 Å². The number of nitrogens with zero attached hydrogens (tertiary/aromatic N) is 1. The number of piperidine rings is 1. The molecule has 2 aliphatic rings. The van der Waals surface area contributed by atoms with Crippen molar-refractivity contribution in [3.63, 3.8) is 0 Å². The van der Waals surface area contributed by atoms with Crippen LogP contribution in [0.3, 0.4) is 0 Å². The van der Waals surface area contributed by atoms with Crippen molar-refractivity contribution < 1.29 is 9.53 Å². The van der Waals surface area contributed by atoms with Crippen LogP contribution in [0.4, 0.5) is 0 Å². The second-order valence-electron chi connectivity index (χ2n) is 6.98. The Balaban J connectivity index is 1.54. The number of nitrogens with one attached hydrogen (secondary N) is 1. The number of carbonyl (C=O) groups is 1. The lowest BCUT2D eigenvalue weighted by Crippen LogP contribution is -2.47. The second kappa shape index (κ2) is 7.35. The predicted octanol–water partition coefficient (Wildman–Crippen LogP) is 2.54. The summed E-state index contributed by atoms with van der Waals surface area (Å²) in [7, 11) is 2.12. The SMILES string of the molecule is C[C@@H](Oc1ccc2c(c1)CCCC2)C(=O)NC1CCN(C)CC1. The molecule has 0 radical (unpaired) electrons. The first kappa shape index (κ1) is 16.3. The molecule has 1 amide bonds. The van der Waals surface area contributed by atoms with Gasteiger partial charge < -0.3 is 15.0 Å². The molecule has 1 aromatic carbocycles. The summed E-state index contributed by atoms with van der Waals surface area (Å²) in [6, 6.07) is 6.57. The van der Waals surface area contributed by atoms with Crippen LogP contribution in [0.25, 0.3) is 0 Å². The summed E-state index contributed by atoms with van der Waals surface area (Å²) in [6.07, 6.45) is 6.42. The van der Waals surface area contributed by atoms with E-state index in [4.69, 9.17) is 4.74 Å². The number of carbonyl (C=O) groups excluding carboxylic acids is 1. The number of benzene rings is 1. The monoisotopic (exact) mass is 316 g/mol. The van der Waals surface area contributed by atoms with Gasteiger partial charge in [0.15, 0.2) is 6.10 Å². The fraction of sp³-hybridized carbons (Fsp3) is 0.632. The Labute approximate surface area is 139 Å². The Morgan fingerprint density at radius 2 is 1.91 bits per heavy atom. The van der Waals surface area contributed by atoms with Crippen molar-refractivity contribution in [2.24, 2.45) is 0 Å². The molecule has 1 saturated heterocycles. The Hall–Kier alpha value is -1.55. The van der Waals surface area contributed by atoms with Crippen molar-refractivity contribution in [3.05, 3.63) is 29.3 Å². The van der Waals surface area contributed by atoms with Gasteiger partial charge in [-0.05, 0) is 88.8 Å². The number of rotatable bonds is 4. The normalized spacial score (nSPS) is 20.6. The third kappa shape index (κ3) is 4.25. The summed E-state index contributed by atoms with van der Waals surface area (Å²) in [4.78, 5) is 14.6. The third-order valence-electron chi connectivity index (χ3n) is 5.07. The molecule has 23 heavy (non-hydrogen) atoms. The first-order valence-electron chi connectivity index (χ1n) is 8.89. The summed E-state index contributed by atoms with van der Waals surface area (Å²) < 4.78 is 5.88. The maximum atomic E-state index is 12.3. The highest BCUT2D eigenvalue weighted by atomic mass is 16.5. The topological polar surface area (TPSA) is 41.6 Å². The highest BCUT2D eigenvalue weighted by Gasteiger charge is 2.22. The van der Waals surface area contributed by atoms with Crippen LogP contribution in [0.5, 0.6) is 5.75 Å². The van der Waals surface area contributed by atoms with Gasteiger partial charge >= 0.3 is 0 Å². The average Bonchev–Trinajstić information content (AvgIpc) is 2.56. The number of aryl methyl sites for hydroxylation is 2. The molecular formula is C19H28N2O2. The minimum atomic E-state index is -0.448. The van der Waals surface area contributed by atoms with Crippen molar-refractivity contribution in [2.45, 2.75) is 57.6 Å². The number of likely N-dealkylation sites (tertiary alicyclic amines) is 1. The first-order valence-corrected chi connectivity index (χ1v) is 8.89. The molecule has 1 N–H and O–H groups in total. The minimum absolute atomic E-state index is 0.00252. The number of fused-ring (bicyclic) bond motifs is 1. The van der Waals surface area contributed by atoms with Gasteiger partial charge in [-0.2, -0.15) is 0 Å². The predicted molar refractivity (Wildman–Crippen MR) is 91.8 cm³/mol. The maximum absolute atomic E-state index is 12.3. The van der Waals surface area contributed by atoms with E-state index in [0.29, 0.717) is 0 Å². The quantitative estimate of drug-likeness (QED) is 0.928. The second-order valence-corrected chi connectivity index (χ2v) is 6.98. The molecule has 3 rings (SSSR count). The highest BCUT2D eigenvalue weighted by Crippen LogP contribution is 2.25. The zero-order valence-electron chi connectivity index (χ0n) is 14.3. The Bertz CT molecular complexity index is 550. The number of hydrogen-bond acceptors (Lipinski definition) is 3. The minimum Gasteiger partial charge on any atom is -0.481 e. The van der Waals surface area contributed by atoms with Gasteiger partial charge in [-0.3, -0.25) is 4.79 Å². The summed E-state index contributed by atoms with van der Waals surface area (Å²) >= 11 is 0. The van der Waals surface area contributed by atoms with E-state index in [-0.39, 0.29) is 11.9 Å². The van der Waals surface area contributed by atoms with E-state index < -0.39 is 6.10 Å². The fourth-order valence-corrected chi connectivity index (χ4v) is 3.51. The van der Waals surface area contributed by atoms with Crippen molar-refractivity contribution in [1.82, 2.24) is 10.2 Å². The number of hydrogen-bond donors (Lipinski definition) is 1. The number of amides is 1. The van der Waals surface area contributed by atoms with Crippen LogP contribution in [0.15, 0.2) is 18.2 Å². The molecular weight excluding hydrogens is 288 g/mol. The molecule has 1 aliphatic carbocycles. The van der Waals surface area contributed by atoms with Gasteiger partial charge in [0.2, 0.25) is 0 Å². The fourth-order valence-electron chi connectivity index (χ4n) is 3.51. The van der Waals surface area contributed by atoms with Crippen LogP contribution < -0.4 is 10.1 Å². The largest absolute Gasteiger partial charge is 0.481 e. The lowest BCUT2D eigenvalue weighted by atomic mass is 9.92. The number of ether oxygens (including phenoxy) is 1. The van der Waals surface area contributed by atoms with E-state index in [1.54, 1.807) is 0 Å². The summed E-state index contributed by atoms with van der Waals surface area (Å²) in [5, 5.41) is 3.13. The van der Waals surface area contributed by atoms with Crippen LogP contribution in [0.1, 0.15) is 43.7 Å². The van der Waals surface area contributed by atoms with Crippen LogP contribution in [-0.4, -0.2) is 43.1 Å². The van der Waals surface area contributed by atoms with E-state index in [1.807, 2.05) is 13.0 Å². The van der Waals surface area contributed by atoms with Crippen molar-refractivity contribution in [2.75, 3.05) is 20.1 Å². The molecule has 0 bridgehead atoms. The molecule has 0 unspecified atom stereocenters. The van der Waals surface area contributed by atoms with E-state index in [1.165, 1.54) is 30.4 Å². The van der Waals surface area contributed by atoms with Gasteiger partial charge in [0.05, 0.1) is 0 Å². The molecule has 4 heteroatoms. The van der Waals surface area contributed by atoms with E-state index in [0.717, 1.165) is 38.1 Å². The molecule has 1 aliphatic heterocycles. The summed E-state index contributed by atoms with van der Waals surface area (Å²) in [5.74, 6) is 0.814. The van der Waals surface area contributed by atoms with Gasteiger partial charge in [0, 0.05) is 6.04 Å². The van der Waals surface area contributed by atoms with Gasteiger partial charge in [-0.25, -0.2) is 0 Å².